The standard InChI is InChI=1S/C15H10O7/c16-7-4-10(19)12-11(5-7)22-15(14(21)13(12)20)6-1-2-8(17)9(18)3-6/h1-3,17-18,21H,4-5H2. The SMILES string of the molecule is O=C1CC(=O)c2c(oc(-c3ccc(O)c(O)c3)c(O)c2=O)C1. The number of carbonyl (C=O) groups is 2. The molecule has 22 heavy (non-hydrogen) atoms. The second-order valence-electron chi connectivity index (χ2n) is 4.93. The highest BCUT2D eigenvalue weighted by Crippen LogP contribution is 2.35. The summed E-state index contributed by atoms with van der Waals surface area (Å²) in [5, 5.41) is 28.7. The monoisotopic (exact) mass is 302 g/mol. The average Bonchev–Trinajstić information content (AvgIpc) is 2.45. The van der Waals surface area contributed by atoms with Gasteiger partial charge in [0.05, 0.1) is 12.8 Å². The lowest BCUT2D eigenvalue weighted by Gasteiger charge is -2.14. The molecule has 3 N–H and O–H groups in total. The van der Waals surface area contributed by atoms with Crippen molar-refractivity contribution in [2.75, 3.05) is 0 Å². The third-order valence-corrected chi connectivity index (χ3v) is 3.39. The number of hydrogen-bond acceptors (Lipinski definition) is 7. The number of hydrogen-bond donors (Lipinski definition) is 3. The molecule has 1 aromatic heterocycles. The maximum atomic E-state index is 12.1. The van der Waals surface area contributed by atoms with Crippen molar-refractivity contribution in [3.05, 3.63) is 39.7 Å². The fourth-order valence-corrected chi connectivity index (χ4v) is 2.35. The molecule has 112 valence electrons. The van der Waals surface area contributed by atoms with Gasteiger partial charge in [0.25, 0.3) is 0 Å². The van der Waals surface area contributed by atoms with Gasteiger partial charge < -0.3 is 19.7 Å². The fourth-order valence-electron chi connectivity index (χ4n) is 2.35. The molecule has 0 radical (unpaired) electrons. The largest absolute Gasteiger partial charge is 0.504 e. The zero-order valence-corrected chi connectivity index (χ0v) is 11.1. The molecule has 0 spiro atoms. The molecule has 0 unspecified atom stereocenters. The maximum Gasteiger partial charge on any atom is 0.238 e. The molecule has 0 bridgehead atoms. The third kappa shape index (κ3) is 2.03. The first-order chi connectivity index (χ1) is 10.4. The average molecular weight is 302 g/mol. The number of rotatable bonds is 1. The number of Topliss-reactive ketones (excluding diaryl/α,β-unsaturated/α-hetero) is 2. The van der Waals surface area contributed by atoms with Crippen LogP contribution in [0.25, 0.3) is 11.3 Å². The van der Waals surface area contributed by atoms with Crippen LogP contribution in [0.2, 0.25) is 0 Å². The minimum Gasteiger partial charge on any atom is -0.504 e. The highest BCUT2D eigenvalue weighted by molar-refractivity contribution is 6.12. The summed E-state index contributed by atoms with van der Waals surface area (Å²) in [6.07, 6.45) is -0.607. The summed E-state index contributed by atoms with van der Waals surface area (Å²) in [7, 11) is 0. The normalized spacial score (nSPS) is 14.0. The van der Waals surface area contributed by atoms with Crippen LogP contribution >= 0.6 is 0 Å². The molecular weight excluding hydrogens is 292 g/mol. The molecule has 1 aliphatic carbocycles. The van der Waals surface area contributed by atoms with Crippen LogP contribution in [-0.4, -0.2) is 26.9 Å². The van der Waals surface area contributed by atoms with Crippen LogP contribution in [0.5, 0.6) is 17.2 Å². The van der Waals surface area contributed by atoms with Crippen LogP contribution in [0.1, 0.15) is 22.5 Å². The van der Waals surface area contributed by atoms with Crippen molar-refractivity contribution in [3.8, 4) is 28.6 Å². The highest BCUT2D eigenvalue weighted by atomic mass is 16.4. The quantitative estimate of drug-likeness (QED) is 0.532. The van der Waals surface area contributed by atoms with E-state index in [1.54, 1.807) is 0 Å². The molecule has 0 aliphatic heterocycles. The summed E-state index contributed by atoms with van der Waals surface area (Å²) in [5.41, 5.74) is -1.11. The summed E-state index contributed by atoms with van der Waals surface area (Å²) < 4.78 is 5.35. The van der Waals surface area contributed by atoms with Crippen molar-refractivity contribution in [1.29, 1.82) is 0 Å². The number of aromatic hydroxyl groups is 3. The molecule has 1 aliphatic rings. The molecule has 1 heterocycles. The summed E-state index contributed by atoms with van der Waals surface area (Å²) in [5.74, 6) is -3.08. The van der Waals surface area contributed by atoms with Crippen LogP contribution < -0.4 is 5.43 Å². The van der Waals surface area contributed by atoms with Gasteiger partial charge >= 0.3 is 0 Å². The Morgan fingerprint density at radius 2 is 1.68 bits per heavy atom. The molecule has 1 aromatic carbocycles. The first-order valence-corrected chi connectivity index (χ1v) is 6.34. The van der Waals surface area contributed by atoms with Gasteiger partial charge in [0, 0.05) is 5.56 Å². The number of phenols is 2. The summed E-state index contributed by atoms with van der Waals surface area (Å²) in [4.78, 5) is 35.3. The predicted molar refractivity (Wildman–Crippen MR) is 73.1 cm³/mol. The Kier molecular flexibility index (Phi) is 2.98. The Labute approximate surface area is 123 Å². The van der Waals surface area contributed by atoms with Crippen molar-refractivity contribution < 1.29 is 29.3 Å². The zero-order valence-electron chi connectivity index (χ0n) is 11.1. The van der Waals surface area contributed by atoms with E-state index in [1.807, 2.05) is 0 Å². The van der Waals surface area contributed by atoms with E-state index in [2.05, 4.69) is 0 Å². The Hall–Kier alpha value is -3.09. The number of phenolic OH excluding ortho intramolecular Hbond substituents is 2. The van der Waals surface area contributed by atoms with Crippen molar-refractivity contribution in [2.45, 2.75) is 12.8 Å². The van der Waals surface area contributed by atoms with E-state index < -0.39 is 29.1 Å². The molecule has 7 heteroatoms. The lowest BCUT2D eigenvalue weighted by Crippen LogP contribution is -2.27. The smallest absolute Gasteiger partial charge is 0.238 e. The molecule has 3 rings (SSSR count). The second-order valence-corrected chi connectivity index (χ2v) is 4.93. The summed E-state index contributed by atoms with van der Waals surface area (Å²) in [6, 6.07) is 3.55. The van der Waals surface area contributed by atoms with Gasteiger partial charge in [0.1, 0.15) is 17.1 Å². The van der Waals surface area contributed by atoms with Crippen LogP contribution in [0, 0.1) is 0 Å². The number of fused-ring (bicyclic) bond motifs is 1. The Bertz CT molecular complexity index is 876. The minimum absolute atomic E-state index is 0.105. The Morgan fingerprint density at radius 3 is 2.36 bits per heavy atom. The van der Waals surface area contributed by atoms with Crippen LogP contribution in [0.4, 0.5) is 0 Å². The van der Waals surface area contributed by atoms with Crippen molar-refractivity contribution in [3.63, 3.8) is 0 Å². The molecule has 7 nitrogen and oxygen atoms in total. The third-order valence-electron chi connectivity index (χ3n) is 3.39. The van der Waals surface area contributed by atoms with Gasteiger partial charge in [-0.25, -0.2) is 0 Å². The van der Waals surface area contributed by atoms with Gasteiger partial charge in [-0.05, 0) is 18.2 Å². The Morgan fingerprint density at radius 1 is 0.955 bits per heavy atom. The lowest BCUT2D eigenvalue weighted by molar-refractivity contribution is -0.118. The highest BCUT2D eigenvalue weighted by Gasteiger charge is 2.31. The van der Waals surface area contributed by atoms with Crippen LogP contribution in [0.3, 0.4) is 0 Å². The van der Waals surface area contributed by atoms with Gasteiger partial charge in [-0.15, -0.1) is 0 Å². The van der Waals surface area contributed by atoms with E-state index in [4.69, 9.17) is 4.42 Å². The van der Waals surface area contributed by atoms with E-state index >= 15 is 0 Å². The van der Waals surface area contributed by atoms with E-state index in [1.165, 1.54) is 6.07 Å². The van der Waals surface area contributed by atoms with Gasteiger partial charge in [-0.3, -0.25) is 14.4 Å². The molecule has 0 saturated heterocycles. The predicted octanol–water partition coefficient (Wildman–Crippen LogP) is 1.12. The maximum absolute atomic E-state index is 12.1. The molecule has 0 amide bonds. The van der Waals surface area contributed by atoms with Crippen LogP contribution in [-0.2, 0) is 11.2 Å². The van der Waals surface area contributed by atoms with Gasteiger partial charge in [-0.2, -0.15) is 0 Å². The van der Waals surface area contributed by atoms with E-state index in [-0.39, 0.29) is 40.6 Å². The molecule has 0 fully saturated rings. The molecule has 0 saturated carbocycles. The Balaban J connectivity index is 2.26. The van der Waals surface area contributed by atoms with Crippen molar-refractivity contribution in [2.24, 2.45) is 0 Å². The fraction of sp³-hybridized carbons (Fsp3) is 0.133. The van der Waals surface area contributed by atoms with E-state index in [0.717, 1.165) is 12.1 Å². The molecular formula is C15H10O7. The topological polar surface area (TPSA) is 125 Å². The summed E-state index contributed by atoms with van der Waals surface area (Å²) in [6.45, 7) is 0. The van der Waals surface area contributed by atoms with Gasteiger partial charge in [0.2, 0.25) is 11.2 Å². The van der Waals surface area contributed by atoms with Crippen molar-refractivity contribution in [1.82, 2.24) is 0 Å². The van der Waals surface area contributed by atoms with E-state index in [9.17, 15) is 29.7 Å². The first kappa shape index (κ1) is 13.9. The first-order valence-electron chi connectivity index (χ1n) is 6.34. The molecule has 0 atom stereocenters. The van der Waals surface area contributed by atoms with E-state index in [0.29, 0.717) is 0 Å². The van der Waals surface area contributed by atoms with Gasteiger partial charge in [-0.1, -0.05) is 0 Å². The number of carbonyl (C=O) groups excluding carboxylic acids is 2. The number of ketones is 2. The molecule has 2 aromatic rings. The van der Waals surface area contributed by atoms with Crippen molar-refractivity contribution >= 4 is 11.6 Å². The van der Waals surface area contributed by atoms with Gasteiger partial charge in [0.15, 0.2) is 23.0 Å². The lowest BCUT2D eigenvalue weighted by atomic mass is 9.93. The number of benzene rings is 1. The zero-order chi connectivity index (χ0) is 16.0. The minimum atomic E-state index is -0.915. The van der Waals surface area contributed by atoms with Crippen LogP contribution in [0.15, 0.2) is 27.4 Å². The second kappa shape index (κ2) is 4.73. The summed E-state index contributed by atoms with van der Waals surface area (Å²) >= 11 is 0.